The fraction of sp³-hybridized carbons (Fsp3) is 0.467. The van der Waals surface area contributed by atoms with Crippen LogP contribution in [0, 0.1) is 5.92 Å². The van der Waals surface area contributed by atoms with Crippen molar-refractivity contribution in [2.24, 2.45) is 5.92 Å². The fourth-order valence-corrected chi connectivity index (χ4v) is 2.31. The quantitative estimate of drug-likeness (QED) is 0.874. The van der Waals surface area contributed by atoms with Gasteiger partial charge in [0.15, 0.2) is 0 Å². The molecular formula is C15H22ClN3O2. The van der Waals surface area contributed by atoms with Crippen LogP contribution in [0.5, 0.6) is 0 Å². The molecule has 5 nitrogen and oxygen atoms in total. The molecule has 1 heterocycles. The molecule has 6 heteroatoms. The SMILES string of the molecule is CNCC(C)C(=O)Nc1ccc(N2CCCC2=O)cc1.Cl. The van der Waals surface area contributed by atoms with Gasteiger partial charge in [-0.3, -0.25) is 9.59 Å². The summed E-state index contributed by atoms with van der Waals surface area (Å²) in [6.45, 7) is 3.30. The first kappa shape index (κ1) is 17.5. The van der Waals surface area contributed by atoms with Gasteiger partial charge in [-0.05, 0) is 37.7 Å². The van der Waals surface area contributed by atoms with E-state index in [9.17, 15) is 9.59 Å². The van der Waals surface area contributed by atoms with Gasteiger partial charge in [0.2, 0.25) is 11.8 Å². The second-order valence-corrected chi connectivity index (χ2v) is 5.14. The summed E-state index contributed by atoms with van der Waals surface area (Å²) in [5.74, 6) is 0.0774. The third-order valence-electron chi connectivity index (χ3n) is 3.48. The van der Waals surface area contributed by atoms with E-state index in [0.29, 0.717) is 13.0 Å². The first-order chi connectivity index (χ1) is 9.61. The second-order valence-electron chi connectivity index (χ2n) is 5.14. The fourth-order valence-electron chi connectivity index (χ4n) is 2.31. The number of anilines is 2. The Balaban J connectivity index is 0.00000220. The van der Waals surface area contributed by atoms with Crippen LogP contribution in [-0.2, 0) is 9.59 Å². The highest BCUT2D eigenvalue weighted by Gasteiger charge is 2.21. The number of carbonyl (C=O) groups is 2. The van der Waals surface area contributed by atoms with Crippen molar-refractivity contribution >= 4 is 35.6 Å². The lowest BCUT2D eigenvalue weighted by molar-refractivity contribution is -0.119. The molecule has 0 aliphatic carbocycles. The Morgan fingerprint density at radius 2 is 2.00 bits per heavy atom. The third-order valence-corrected chi connectivity index (χ3v) is 3.48. The monoisotopic (exact) mass is 311 g/mol. The van der Waals surface area contributed by atoms with E-state index in [4.69, 9.17) is 0 Å². The number of nitrogens with one attached hydrogen (secondary N) is 2. The molecule has 1 aliphatic heterocycles. The van der Waals surface area contributed by atoms with Gasteiger partial charge in [-0.1, -0.05) is 6.92 Å². The highest BCUT2D eigenvalue weighted by atomic mass is 35.5. The van der Waals surface area contributed by atoms with E-state index in [1.54, 1.807) is 4.90 Å². The van der Waals surface area contributed by atoms with Crippen LogP contribution in [0.2, 0.25) is 0 Å². The first-order valence-corrected chi connectivity index (χ1v) is 6.97. The summed E-state index contributed by atoms with van der Waals surface area (Å²) in [7, 11) is 1.83. The van der Waals surface area contributed by atoms with Crippen molar-refractivity contribution in [3.05, 3.63) is 24.3 Å². The molecule has 2 rings (SSSR count). The van der Waals surface area contributed by atoms with Crippen LogP contribution in [0.4, 0.5) is 11.4 Å². The number of carbonyl (C=O) groups excluding carboxylic acids is 2. The van der Waals surface area contributed by atoms with Crippen molar-refractivity contribution in [2.75, 3.05) is 30.4 Å². The molecule has 1 atom stereocenters. The number of amides is 2. The minimum Gasteiger partial charge on any atom is -0.326 e. The van der Waals surface area contributed by atoms with E-state index in [0.717, 1.165) is 24.3 Å². The summed E-state index contributed by atoms with van der Waals surface area (Å²) in [6.07, 6.45) is 1.54. The van der Waals surface area contributed by atoms with E-state index in [1.165, 1.54) is 0 Å². The van der Waals surface area contributed by atoms with Crippen molar-refractivity contribution in [1.29, 1.82) is 0 Å². The normalized spacial score (nSPS) is 15.5. The number of halogens is 1. The van der Waals surface area contributed by atoms with Gasteiger partial charge < -0.3 is 15.5 Å². The van der Waals surface area contributed by atoms with E-state index in [2.05, 4.69) is 10.6 Å². The number of benzene rings is 1. The number of hydrogen-bond acceptors (Lipinski definition) is 3. The van der Waals surface area contributed by atoms with Crippen LogP contribution >= 0.6 is 12.4 Å². The minimum absolute atomic E-state index is 0. The van der Waals surface area contributed by atoms with Crippen molar-refractivity contribution in [2.45, 2.75) is 19.8 Å². The maximum Gasteiger partial charge on any atom is 0.228 e. The molecule has 0 radical (unpaired) electrons. The lowest BCUT2D eigenvalue weighted by Gasteiger charge is -2.16. The second kappa shape index (κ2) is 8.00. The molecule has 1 aliphatic rings. The number of hydrogen-bond donors (Lipinski definition) is 2. The summed E-state index contributed by atoms with van der Waals surface area (Å²) >= 11 is 0. The zero-order valence-corrected chi connectivity index (χ0v) is 13.2. The molecule has 0 bridgehead atoms. The Morgan fingerprint density at radius 1 is 1.33 bits per heavy atom. The zero-order valence-electron chi connectivity index (χ0n) is 12.4. The molecule has 1 fully saturated rings. The van der Waals surface area contributed by atoms with Crippen molar-refractivity contribution in [1.82, 2.24) is 5.32 Å². The van der Waals surface area contributed by atoms with Gasteiger partial charge in [-0.2, -0.15) is 0 Å². The summed E-state index contributed by atoms with van der Waals surface area (Å²) in [6, 6.07) is 7.43. The topological polar surface area (TPSA) is 61.4 Å². The molecule has 116 valence electrons. The van der Waals surface area contributed by atoms with Gasteiger partial charge in [-0.15, -0.1) is 12.4 Å². The van der Waals surface area contributed by atoms with Crippen LogP contribution < -0.4 is 15.5 Å². The predicted octanol–water partition coefficient (Wildman–Crippen LogP) is 2.03. The molecule has 1 aromatic rings. The average molecular weight is 312 g/mol. The minimum atomic E-state index is -0.0835. The molecule has 2 N–H and O–H groups in total. The van der Waals surface area contributed by atoms with Crippen LogP contribution in [0.1, 0.15) is 19.8 Å². The van der Waals surface area contributed by atoms with Gasteiger partial charge >= 0.3 is 0 Å². The van der Waals surface area contributed by atoms with Crippen LogP contribution in [0.25, 0.3) is 0 Å². The van der Waals surface area contributed by atoms with Crippen LogP contribution in [-0.4, -0.2) is 32.0 Å². The van der Waals surface area contributed by atoms with E-state index < -0.39 is 0 Å². The Kier molecular flexibility index (Phi) is 6.65. The maximum atomic E-state index is 11.9. The lowest BCUT2D eigenvalue weighted by Crippen LogP contribution is -2.28. The average Bonchev–Trinajstić information content (AvgIpc) is 2.86. The van der Waals surface area contributed by atoms with Crippen LogP contribution in [0.3, 0.4) is 0 Å². The molecule has 1 aromatic carbocycles. The Bertz CT molecular complexity index is 490. The first-order valence-electron chi connectivity index (χ1n) is 6.97. The smallest absolute Gasteiger partial charge is 0.228 e. The molecule has 1 saturated heterocycles. The van der Waals surface area contributed by atoms with E-state index in [1.807, 2.05) is 38.2 Å². The summed E-state index contributed by atoms with van der Waals surface area (Å²) in [4.78, 5) is 25.3. The van der Waals surface area contributed by atoms with Gasteiger partial charge in [0, 0.05) is 36.8 Å². The third kappa shape index (κ3) is 4.44. The highest BCUT2D eigenvalue weighted by molar-refractivity contribution is 5.96. The zero-order chi connectivity index (χ0) is 14.5. The maximum absolute atomic E-state index is 11.9. The summed E-state index contributed by atoms with van der Waals surface area (Å²) < 4.78 is 0. The lowest BCUT2D eigenvalue weighted by atomic mass is 10.1. The van der Waals surface area contributed by atoms with Crippen molar-refractivity contribution in [3.63, 3.8) is 0 Å². The van der Waals surface area contributed by atoms with Gasteiger partial charge in [-0.25, -0.2) is 0 Å². The predicted molar refractivity (Wildman–Crippen MR) is 87.0 cm³/mol. The molecule has 0 aromatic heterocycles. The Hall–Kier alpha value is -1.59. The van der Waals surface area contributed by atoms with Gasteiger partial charge in [0.25, 0.3) is 0 Å². The molecule has 0 spiro atoms. The van der Waals surface area contributed by atoms with Gasteiger partial charge in [0.1, 0.15) is 0 Å². The summed E-state index contributed by atoms with van der Waals surface area (Å²) in [5, 5.41) is 5.85. The standard InChI is InChI=1S/C15H21N3O2.ClH/c1-11(10-16-2)15(20)17-12-5-7-13(8-6-12)18-9-3-4-14(18)19;/h5-8,11,16H,3-4,9-10H2,1-2H3,(H,17,20);1H. The Morgan fingerprint density at radius 3 is 2.52 bits per heavy atom. The molecule has 21 heavy (non-hydrogen) atoms. The van der Waals surface area contributed by atoms with E-state index >= 15 is 0 Å². The highest BCUT2D eigenvalue weighted by Crippen LogP contribution is 2.23. The molecule has 0 saturated carbocycles. The van der Waals surface area contributed by atoms with E-state index in [-0.39, 0.29) is 30.1 Å². The van der Waals surface area contributed by atoms with Crippen LogP contribution in [0.15, 0.2) is 24.3 Å². The number of nitrogens with zero attached hydrogens (tertiary/aromatic N) is 1. The molecule has 2 amide bonds. The van der Waals surface area contributed by atoms with Gasteiger partial charge in [0.05, 0.1) is 0 Å². The number of rotatable bonds is 5. The van der Waals surface area contributed by atoms with Crippen molar-refractivity contribution < 1.29 is 9.59 Å². The Labute approximate surface area is 131 Å². The molecular weight excluding hydrogens is 290 g/mol. The van der Waals surface area contributed by atoms with Crippen molar-refractivity contribution in [3.8, 4) is 0 Å². The largest absolute Gasteiger partial charge is 0.326 e. The molecule has 1 unspecified atom stereocenters. The summed E-state index contributed by atoms with van der Waals surface area (Å²) in [5.41, 5.74) is 1.65.